The Morgan fingerprint density at radius 3 is 2.52 bits per heavy atom. The van der Waals surface area contributed by atoms with Crippen LogP contribution in [0.2, 0.25) is 5.02 Å². The van der Waals surface area contributed by atoms with E-state index in [9.17, 15) is 5.11 Å². The van der Waals surface area contributed by atoms with E-state index in [0.29, 0.717) is 27.9 Å². The Kier molecular flexibility index (Phi) is 5.03. The maximum Gasteiger partial charge on any atom is 0.146 e. The van der Waals surface area contributed by atoms with E-state index in [1.54, 1.807) is 31.0 Å². The van der Waals surface area contributed by atoms with Crippen LogP contribution < -0.4 is 9.47 Å². The number of benzene rings is 1. The largest absolute Gasteiger partial charge is 0.495 e. The monoisotopic (exact) mass is 311 g/mol. The highest BCUT2D eigenvalue weighted by Gasteiger charge is 2.18. The first-order valence-corrected chi connectivity index (χ1v) is 7.00. The molecule has 0 atom stereocenters. The second-order valence-corrected chi connectivity index (χ2v) is 4.87. The van der Waals surface area contributed by atoms with Crippen LogP contribution in [0.3, 0.4) is 0 Å². The molecule has 0 spiro atoms. The van der Waals surface area contributed by atoms with Crippen molar-refractivity contribution in [1.29, 1.82) is 0 Å². The zero-order valence-corrected chi connectivity index (χ0v) is 13.0. The van der Waals surface area contributed by atoms with Crippen LogP contribution in [-0.4, -0.2) is 34.3 Å². The fraction of sp³-hybridized carbons (Fsp3) is 0.429. The highest BCUT2D eigenvalue weighted by Crippen LogP contribution is 2.35. The van der Waals surface area contributed by atoms with Crippen LogP contribution in [0.25, 0.3) is 5.69 Å². The first-order chi connectivity index (χ1) is 10.2. The molecule has 0 bridgehead atoms. The number of hydrogen-bond donors (Lipinski definition) is 1. The standard InChI is InChI=1S/C14H18ClN3O3/c1-4-5-11-10(8-19)16-17-18(11)12-7-13(20-2)9(15)6-14(12)21-3/h6-7,19H,4-5,8H2,1-3H3. The van der Waals surface area contributed by atoms with Gasteiger partial charge in [0.1, 0.15) is 22.9 Å². The number of hydrogen-bond acceptors (Lipinski definition) is 5. The third-order valence-electron chi connectivity index (χ3n) is 3.16. The van der Waals surface area contributed by atoms with Crippen molar-refractivity contribution >= 4 is 11.6 Å². The molecule has 21 heavy (non-hydrogen) atoms. The summed E-state index contributed by atoms with van der Waals surface area (Å²) in [7, 11) is 3.11. The Morgan fingerprint density at radius 2 is 1.95 bits per heavy atom. The summed E-state index contributed by atoms with van der Waals surface area (Å²) in [4.78, 5) is 0. The Hall–Kier alpha value is -1.79. The van der Waals surface area contributed by atoms with E-state index >= 15 is 0 Å². The highest BCUT2D eigenvalue weighted by atomic mass is 35.5. The van der Waals surface area contributed by atoms with Gasteiger partial charge in [0.2, 0.25) is 0 Å². The normalized spacial score (nSPS) is 10.7. The summed E-state index contributed by atoms with van der Waals surface area (Å²) >= 11 is 6.11. The number of aliphatic hydroxyl groups excluding tert-OH is 1. The predicted octanol–water partition coefficient (Wildman–Crippen LogP) is 2.38. The molecule has 114 valence electrons. The first-order valence-electron chi connectivity index (χ1n) is 6.62. The van der Waals surface area contributed by atoms with Gasteiger partial charge in [0.05, 0.1) is 31.5 Å². The number of ether oxygens (including phenoxy) is 2. The van der Waals surface area contributed by atoms with Crippen LogP contribution in [0.15, 0.2) is 12.1 Å². The van der Waals surface area contributed by atoms with Gasteiger partial charge in [-0.1, -0.05) is 30.2 Å². The summed E-state index contributed by atoms with van der Waals surface area (Å²) < 4.78 is 12.3. The smallest absolute Gasteiger partial charge is 0.146 e. The molecule has 1 aromatic heterocycles. The van der Waals surface area contributed by atoms with Crippen LogP contribution in [0, 0.1) is 0 Å². The van der Waals surface area contributed by atoms with Gasteiger partial charge in [0, 0.05) is 12.1 Å². The van der Waals surface area contributed by atoms with Crippen molar-refractivity contribution in [3.63, 3.8) is 0 Å². The van der Waals surface area contributed by atoms with E-state index in [2.05, 4.69) is 17.2 Å². The summed E-state index contributed by atoms with van der Waals surface area (Å²) in [5.74, 6) is 1.09. The first kappa shape index (κ1) is 15.6. The Bertz CT molecular complexity index is 628. The molecule has 2 aromatic rings. The summed E-state index contributed by atoms with van der Waals surface area (Å²) in [6.07, 6.45) is 1.66. The van der Waals surface area contributed by atoms with E-state index in [1.807, 2.05) is 0 Å². The quantitative estimate of drug-likeness (QED) is 0.887. The number of aromatic nitrogens is 3. The van der Waals surface area contributed by atoms with Gasteiger partial charge in [0.25, 0.3) is 0 Å². The predicted molar refractivity (Wildman–Crippen MR) is 79.4 cm³/mol. The lowest BCUT2D eigenvalue weighted by Crippen LogP contribution is -2.06. The highest BCUT2D eigenvalue weighted by molar-refractivity contribution is 6.32. The lowest BCUT2D eigenvalue weighted by Gasteiger charge is -2.13. The molecule has 1 aromatic carbocycles. The Balaban J connectivity index is 2.62. The molecule has 0 aliphatic carbocycles. The Morgan fingerprint density at radius 1 is 1.24 bits per heavy atom. The fourth-order valence-corrected chi connectivity index (χ4v) is 2.38. The van der Waals surface area contributed by atoms with E-state index in [1.165, 1.54) is 0 Å². The van der Waals surface area contributed by atoms with E-state index in [-0.39, 0.29) is 6.61 Å². The van der Waals surface area contributed by atoms with Crippen LogP contribution in [0.1, 0.15) is 24.7 Å². The zero-order valence-electron chi connectivity index (χ0n) is 12.3. The van der Waals surface area contributed by atoms with Crippen molar-refractivity contribution in [2.45, 2.75) is 26.4 Å². The van der Waals surface area contributed by atoms with Crippen molar-refractivity contribution in [2.75, 3.05) is 14.2 Å². The molecule has 7 heteroatoms. The van der Waals surface area contributed by atoms with Gasteiger partial charge in [-0.05, 0) is 6.42 Å². The lowest BCUT2D eigenvalue weighted by atomic mass is 10.2. The number of rotatable bonds is 6. The number of nitrogens with zero attached hydrogens (tertiary/aromatic N) is 3. The van der Waals surface area contributed by atoms with Crippen LogP contribution >= 0.6 is 11.6 Å². The summed E-state index contributed by atoms with van der Waals surface area (Å²) in [5, 5.41) is 18.0. The minimum Gasteiger partial charge on any atom is -0.495 e. The molecule has 0 radical (unpaired) electrons. The van der Waals surface area contributed by atoms with Crippen molar-refractivity contribution in [3.05, 3.63) is 28.5 Å². The van der Waals surface area contributed by atoms with Crippen LogP contribution in [0.4, 0.5) is 0 Å². The summed E-state index contributed by atoms with van der Waals surface area (Å²) in [6.45, 7) is 1.90. The molecular formula is C14H18ClN3O3. The third kappa shape index (κ3) is 2.96. The van der Waals surface area contributed by atoms with Crippen LogP contribution in [0.5, 0.6) is 11.5 Å². The zero-order chi connectivity index (χ0) is 15.4. The molecule has 6 nitrogen and oxygen atoms in total. The topological polar surface area (TPSA) is 69.4 Å². The molecule has 1 N–H and O–H groups in total. The maximum absolute atomic E-state index is 9.38. The minimum absolute atomic E-state index is 0.150. The number of halogens is 1. The lowest BCUT2D eigenvalue weighted by molar-refractivity contribution is 0.275. The molecule has 0 fully saturated rings. The molecule has 1 heterocycles. The van der Waals surface area contributed by atoms with Crippen molar-refractivity contribution in [2.24, 2.45) is 0 Å². The van der Waals surface area contributed by atoms with Gasteiger partial charge in [-0.2, -0.15) is 0 Å². The van der Waals surface area contributed by atoms with Crippen molar-refractivity contribution in [3.8, 4) is 17.2 Å². The molecule has 0 saturated heterocycles. The average molecular weight is 312 g/mol. The van der Waals surface area contributed by atoms with Gasteiger partial charge in [0.15, 0.2) is 0 Å². The molecule has 0 aliphatic heterocycles. The van der Waals surface area contributed by atoms with Gasteiger partial charge in [-0.3, -0.25) is 0 Å². The fourth-order valence-electron chi connectivity index (χ4n) is 2.15. The van der Waals surface area contributed by atoms with Crippen molar-refractivity contribution < 1.29 is 14.6 Å². The molecule has 0 unspecified atom stereocenters. The van der Waals surface area contributed by atoms with Crippen molar-refractivity contribution in [1.82, 2.24) is 15.0 Å². The van der Waals surface area contributed by atoms with E-state index < -0.39 is 0 Å². The van der Waals surface area contributed by atoms with Gasteiger partial charge in [-0.25, -0.2) is 4.68 Å². The second-order valence-electron chi connectivity index (χ2n) is 4.46. The minimum atomic E-state index is -0.150. The summed E-state index contributed by atoms with van der Waals surface area (Å²) in [6, 6.07) is 3.42. The van der Waals surface area contributed by atoms with E-state index in [0.717, 1.165) is 18.5 Å². The number of methoxy groups -OCH3 is 2. The maximum atomic E-state index is 9.38. The third-order valence-corrected chi connectivity index (χ3v) is 3.46. The SMILES string of the molecule is CCCc1c(CO)nnn1-c1cc(OC)c(Cl)cc1OC. The van der Waals surface area contributed by atoms with E-state index in [4.69, 9.17) is 21.1 Å². The molecule has 0 aliphatic rings. The summed E-state index contributed by atoms with van der Waals surface area (Å²) in [5.41, 5.74) is 2.09. The van der Waals surface area contributed by atoms with Gasteiger partial charge >= 0.3 is 0 Å². The molecule has 0 amide bonds. The second kappa shape index (κ2) is 6.78. The molecular weight excluding hydrogens is 294 g/mol. The molecule has 2 rings (SSSR count). The average Bonchev–Trinajstić information content (AvgIpc) is 2.90. The van der Waals surface area contributed by atoms with Gasteiger partial charge in [-0.15, -0.1) is 5.10 Å². The van der Waals surface area contributed by atoms with Gasteiger partial charge < -0.3 is 14.6 Å². The Labute approximate surface area is 128 Å². The number of aliphatic hydroxyl groups is 1. The molecule has 0 saturated carbocycles. The van der Waals surface area contributed by atoms with Crippen LogP contribution in [-0.2, 0) is 13.0 Å².